The molecule has 1 heterocycles. The second-order valence-electron chi connectivity index (χ2n) is 3.55. The van der Waals surface area contributed by atoms with Crippen LogP contribution in [-0.2, 0) is 4.79 Å². The van der Waals surface area contributed by atoms with Gasteiger partial charge in [-0.2, -0.15) is 5.26 Å². The molecule has 0 saturated carbocycles. The van der Waals surface area contributed by atoms with Crippen molar-refractivity contribution in [2.24, 2.45) is 5.41 Å². The second kappa shape index (κ2) is 4.41. The lowest BCUT2D eigenvalue weighted by atomic mass is 9.88. The summed E-state index contributed by atoms with van der Waals surface area (Å²) in [6.07, 6.45) is 0.486. The van der Waals surface area contributed by atoms with E-state index in [0.717, 1.165) is 5.69 Å². The quantitative estimate of drug-likeness (QED) is 0.855. The molecule has 0 aliphatic heterocycles. The number of amides is 1. The van der Waals surface area contributed by atoms with E-state index in [2.05, 4.69) is 10.3 Å². The predicted molar refractivity (Wildman–Crippen MR) is 59.5 cm³/mol. The van der Waals surface area contributed by atoms with E-state index in [4.69, 9.17) is 5.26 Å². The van der Waals surface area contributed by atoms with Gasteiger partial charge in [0.2, 0.25) is 5.91 Å². The minimum Gasteiger partial charge on any atom is -0.301 e. The summed E-state index contributed by atoms with van der Waals surface area (Å²) in [5, 5.41) is 14.0. The van der Waals surface area contributed by atoms with Crippen LogP contribution in [0.15, 0.2) is 5.38 Å². The van der Waals surface area contributed by atoms with Gasteiger partial charge in [0.1, 0.15) is 5.41 Å². The van der Waals surface area contributed by atoms with Gasteiger partial charge in [0.15, 0.2) is 5.13 Å². The van der Waals surface area contributed by atoms with E-state index in [1.165, 1.54) is 11.3 Å². The van der Waals surface area contributed by atoms with Crippen LogP contribution >= 0.6 is 11.3 Å². The van der Waals surface area contributed by atoms with Gasteiger partial charge in [-0.25, -0.2) is 4.98 Å². The fraction of sp³-hybridized carbons (Fsp3) is 0.500. The number of nitrogens with zero attached hydrogens (tertiary/aromatic N) is 2. The molecular formula is C10H13N3OS. The minimum atomic E-state index is -0.973. The third kappa shape index (κ3) is 2.54. The Morgan fingerprint density at radius 3 is 2.87 bits per heavy atom. The Balaban J connectivity index is 2.76. The molecule has 0 aromatic carbocycles. The Bertz CT molecular complexity index is 407. The number of aryl methyl sites for hydroxylation is 1. The molecule has 1 aromatic heterocycles. The van der Waals surface area contributed by atoms with Crippen molar-refractivity contribution in [2.75, 3.05) is 5.32 Å². The Kier molecular flexibility index (Phi) is 3.43. The standard InChI is InChI=1S/C10H13N3OS/c1-4-10(3,6-11)8(14)13-9-12-7(2)5-15-9/h5H,4H2,1-3H3,(H,12,13,14). The van der Waals surface area contributed by atoms with Gasteiger partial charge in [0.05, 0.1) is 11.8 Å². The number of hydrogen-bond donors (Lipinski definition) is 1. The molecule has 0 bridgehead atoms. The van der Waals surface area contributed by atoms with Crippen molar-refractivity contribution in [2.45, 2.75) is 27.2 Å². The monoisotopic (exact) mass is 223 g/mol. The van der Waals surface area contributed by atoms with Crippen LogP contribution in [0.2, 0.25) is 0 Å². The number of nitrogens with one attached hydrogen (secondary N) is 1. The van der Waals surface area contributed by atoms with E-state index in [0.29, 0.717) is 11.6 Å². The van der Waals surface area contributed by atoms with Gasteiger partial charge in [0, 0.05) is 5.38 Å². The van der Waals surface area contributed by atoms with Gasteiger partial charge in [-0.3, -0.25) is 4.79 Å². The molecular weight excluding hydrogens is 210 g/mol. The normalized spacial score (nSPS) is 14.0. The SMILES string of the molecule is CCC(C)(C#N)C(=O)Nc1nc(C)cs1. The van der Waals surface area contributed by atoms with Crippen LogP contribution in [0.4, 0.5) is 5.13 Å². The minimum absolute atomic E-state index is 0.290. The van der Waals surface area contributed by atoms with Crippen LogP contribution in [-0.4, -0.2) is 10.9 Å². The molecule has 4 nitrogen and oxygen atoms in total. The molecule has 15 heavy (non-hydrogen) atoms. The van der Waals surface area contributed by atoms with Crippen molar-refractivity contribution in [1.29, 1.82) is 5.26 Å². The van der Waals surface area contributed by atoms with Gasteiger partial charge in [0.25, 0.3) is 0 Å². The maximum Gasteiger partial charge on any atom is 0.246 e. The molecule has 1 atom stereocenters. The Hall–Kier alpha value is -1.41. The molecule has 1 unspecified atom stereocenters. The fourth-order valence-electron chi connectivity index (χ4n) is 0.937. The first-order valence-electron chi connectivity index (χ1n) is 4.66. The molecule has 0 fully saturated rings. The zero-order valence-corrected chi connectivity index (χ0v) is 9.81. The first kappa shape index (κ1) is 11.7. The van der Waals surface area contributed by atoms with Gasteiger partial charge in [-0.1, -0.05) is 6.92 Å². The molecule has 0 aliphatic rings. The highest BCUT2D eigenvalue weighted by molar-refractivity contribution is 7.13. The number of hydrogen-bond acceptors (Lipinski definition) is 4. The number of thiazole rings is 1. The van der Waals surface area contributed by atoms with E-state index in [9.17, 15) is 4.79 Å². The number of carbonyl (C=O) groups is 1. The topological polar surface area (TPSA) is 65.8 Å². The van der Waals surface area contributed by atoms with Crippen molar-refractivity contribution in [3.8, 4) is 6.07 Å². The highest BCUT2D eigenvalue weighted by Crippen LogP contribution is 2.23. The zero-order chi connectivity index (χ0) is 11.5. The molecule has 1 amide bonds. The smallest absolute Gasteiger partial charge is 0.246 e. The number of carbonyl (C=O) groups excluding carboxylic acids is 1. The summed E-state index contributed by atoms with van der Waals surface area (Å²) in [6.45, 7) is 5.30. The average molecular weight is 223 g/mol. The number of rotatable bonds is 3. The number of anilines is 1. The highest BCUT2D eigenvalue weighted by atomic mass is 32.1. The van der Waals surface area contributed by atoms with E-state index in [1.54, 1.807) is 6.92 Å². The van der Waals surface area contributed by atoms with Crippen LogP contribution in [0.1, 0.15) is 26.0 Å². The van der Waals surface area contributed by atoms with Crippen molar-refractivity contribution in [3.05, 3.63) is 11.1 Å². The first-order chi connectivity index (χ1) is 7.01. The molecule has 1 rings (SSSR count). The first-order valence-corrected chi connectivity index (χ1v) is 5.54. The van der Waals surface area contributed by atoms with E-state index < -0.39 is 5.41 Å². The van der Waals surface area contributed by atoms with Crippen molar-refractivity contribution in [1.82, 2.24) is 4.98 Å². The van der Waals surface area contributed by atoms with Gasteiger partial charge in [-0.05, 0) is 20.3 Å². The number of aromatic nitrogens is 1. The van der Waals surface area contributed by atoms with Crippen molar-refractivity contribution in [3.63, 3.8) is 0 Å². The summed E-state index contributed by atoms with van der Waals surface area (Å²) in [5.41, 5.74) is -0.106. The van der Waals surface area contributed by atoms with Crippen molar-refractivity contribution < 1.29 is 4.79 Å². The Morgan fingerprint density at radius 1 is 1.80 bits per heavy atom. The van der Waals surface area contributed by atoms with E-state index in [-0.39, 0.29) is 5.91 Å². The number of nitriles is 1. The lowest BCUT2D eigenvalue weighted by molar-refractivity contribution is -0.122. The largest absolute Gasteiger partial charge is 0.301 e. The van der Waals surface area contributed by atoms with Crippen LogP contribution in [0.25, 0.3) is 0 Å². The van der Waals surface area contributed by atoms with Crippen LogP contribution in [0.3, 0.4) is 0 Å². The van der Waals surface area contributed by atoms with Gasteiger partial charge >= 0.3 is 0 Å². The Labute approximate surface area is 92.9 Å². The summed E-state index contributed by atoms with van der Waals surface area (Å²) >= 11 is 1.36. The summed E-state index contributed by atoms with van der Waals surface area (Å²) in [6, 6.07) is 2.02. The summed E-state index contributed by atoms with van der Waals surface area (Å²) in [4.78, 5) is 15.8. The molecule has 0 spiro atoms. The molecule has 1 N–H and O–H groups in total. The zero-order valence-electron chi connectivity index (χ0n) is 9.00. The van der Waals surface area contributed by atoms with Crippen LogP contribution in [0.5, 0.6) is 0 Å². The Morgan fingerprint density at radius 2 is 2.47 bits per heavy atom. The van der Waals surface area contributed by atoms with Gasteiger partial charge < -0.3 is 5.32 Å². The lowest BCUT2D eigenvalue weighted by Crippen LogP contribution is -2.31. The van der Waals surface area contributed by atoms with Gasteiger partial charge in [-0.15, -0.1) is 11.3 Å². The summed E-state index contributed by atoms with van der Waals surface area (Å²) in [7, 11) is 0. The third-order valence-corrected chi connectivity index (χ3v) is 3.17. The summed E-state index contributed by atoms with van der Waals surface area (Å²) in [5.74, 6) is -0.290. The molecule has 80 valence electrons. The molecule has 0 saturated heterocycles. The second-order valence-corrected chi connectivity index (χ2v) is 4.40. The van der Waals surface area contributed by atoms with Crippen LogP contribution in [0, 0.1) is 23.7 Å². The maximum atomic E-state index is 11.7. The molecule has 0 radical (unpaired) electrons. The molecule has 1 aromatic rings. The third-order valence-electron chi connectivity index (χ3n) is 2.29. The van der Waals surface area contributed by atoms with Crippen molar-refractivity contribution >= 4 is 22.4 Å². The predicted octanol–water partition coefficient (Wildman–Crippen LogP) is 2.33. The average Bonchev–Trinajstić information content (AvgIpc) is 2.62. The summed E-state index contributed by atoms with van der Waals surface area (Å²) < 4.78 is 0. The van der Waals surface area contributed by atoms with E-state index in [1.807, 2.05) is 25.3 Å². The van der Waals surface area contributed by atoms with Crippen LogP contribution < -0.4 is 5.32 Å². The lowest BCUT2D eigenvalue weighted by Gasteiger charge is -2.16. The molecule has 5 heteroatoms. The van der Waals surface area contributed by atoms with E-state index >= 15 is 0 Å². The maximum absolute atomic E-state index is 11.7. The highest BCUT2D eigenvalue weighted by Gasteiger charge is 2.31. The molecule has 0 aliphatic carbocycles. The fourth-order valence-corrected chi connectivity index (χ4v) is 1.62.